The maximum Gasteiger partial charge on any atom is 0.257 e. The van der Waals surface area contributed by atoms with Crippen molar-refractivity contribution < 1.29 is 4.79 Å². The lowest BCUT2D eigenvalue weighted by molar-refractivity contribution is -0.130. The molecule has 2 heterocycles. The number of benzene rings is 2. The van der Waals surface area contributed by atoms with E-state index >= 15 is 0 Å². The first-order valence-electron chi connectivity index (χ1n) is 12.0. The van der Waals surface area contributed by atoms with E-state index in [2.05, 4.69) is 34.2 Å². The minimum absolute atomic E-state index is 0.0477. The van der Waals surface area contributed by atoms with Crippen LogP contribution < -0.4 is 5.56 Å². The molecular formula is C28H32N4O2S. The highest BCUT2D eigenvalue weighted by molar-refractivity contribution is 7.99. The summed E-state index contributed by atoms with van der Waals surface area (Å²) in [5.41, 5.74) is 3.66. The standard InChI is InChI=1S/C28H32N4O2S/c1-22-25(20-24-12-7-4-8-13-24)27(34)30(2)28(29-22)35-21-26(33)32-18-16-31(17-19-32)15-9-14-23-10-5-3-6-11-23/h3-14H,15-21H2,1-2H3/b14-9+. The van der Waals surface area contributed by atoms with Gasteiger partial charge in [0.15, 0.2) is 5.16 Å². The van der Waals surface area contributed by atoms with Crippen LogP contribution in [0.4, 0.5) is 0 Å². The molecule has 1 amide bonds. The van der Waals surface area contributed by atoms with Gasteiger partial charge in [0, 0.05) is 57.4 Å². The Kier molecular flexibility index (Phi) is 8.55. The molecule has 4 rings (SSSR count). The van der Waals surface area contributed by atoms with E-state index in [9.17, 15) is 9.59 Å². The van der Waals surface area contributed by atoms with Crippen molar-refractivity contribution in [3.05, 3.63) is 99.5 Å². The van der Waals surface area contributed by atoms with Gasteiger partial charge in [0.1, 0.15) is 0 Å². The summed E-state index contributed by atoms with van der Waals surface area (Å²) in [6.45, 7) is 5.92. The van der Waals surface area contributed by atoms with E-state index in [0.29, 0.717) is 17.1 Å². The summed E-state index contributed by atoms with van der Waals surface area (Å²) in [5.74, 6) is 0.376. The van der Waals surface area contributed by atoms with Crippen molar-refractivity contribution in [2.45, 2.75) is 18.5 Å². The Balaban J connectivity index is 1.28. The van der Waals surface area contributed by atoms with Crippen molar-refractivity contribution in [3.63, 3.8) is 0 Å². The monoisotopic (exact) mass is 488 g/mol. The molecule has 0 spiro atoms. The maximum atomic E-state index is 13.0. The largest absolute Gasteiger partial charge is 0.339 e. The van der Waals surface area contributed by atoms with Crippen LogP contribution in [-0.2, 0) is 18.3 Å². The Morgan fingerprint density at radius 2 is 1.66 bits per heavy atom. The lowest BCUT2D eigenvalue weighted by Gasteiger charge is -2.34. The average Bonchev–Trinajstić information content (AvgIpc) is 2.89. The molecule has 0 N–H and O–H groups in total. The first kappa shape index (κ1) is 24.9. The maximum absolute atomic E-state index is 13.0. The summed E-state index contributed by atoms with van der Waals surface area (Å²) < 4.78 is 1.57. The summed E-state index contributed by atoms with van der Waals surface area (Å²) in [7, 11) is 1.73. The van der Waals surface area contributed by atoms with Crippen LogP contribution >= 0.6 is 11.8 Å². The summed E-state index contributed by atoms with van der Waals surface area (Å²) in [6, 6.07) is 20.2. The molecular weight excluding hydrogens is 456 g/mol. The van der Waals surface area contributed by atoms with Crippen LogP contribution in [0.5, 0.6) is 0 Å². The zero-order chi connectivity index (χ0) is 24.6. The van der Waals surface area contributed by atoms with Gasteiger partial charge < -0.3 is 4.90 Å². The molecule has 1 aliphatic heterocycles. The number of carbonyl (C=O) groups excluding carboxylic acids is 1. The van der Waals surface area contributed by atoms with Crippen molar-refractivity contribution in [2.24, 2.45) is 7.05 Å². The van der Waals surface area contributed by atoms with E-state index in [1.54, 1.807) is 11.6 Å². The summed E-state index contributed by atoms with van der Waals surface area (Å²) >= 11 is 1.34. The summed E-state index contributed by atoms with van der Waals surface area (Å²) in [4.78, 5) is 34.7. The van der Waals surface area contributed by atoms with Gasteiger partial charge in [-0.3, -0.25) is 19.1 Å². The van der Waals surface area contributed by atoms with E-state index in [1.165, 1.54) is 17.3 Å². The van der Waals surface area contributed by atoms with Gasteiger partial charge in [-0.1, -0.05) is 84.6 Å². The number of aryl methyl sites for hydroxylation is 1. The Labute approximate surface area is 211 Å². The minimum Gasteiger partial charge on any atom is -0.339 e. The van der Waals surface area contributed by atoms with Crippen LogP contribution in [0.1, 0.15) is 22.4 Å². The SMILES string of the molecule is Cc1nc(SCC(=O)N2CCN(C/C=C/c3ccccc3)CC2)n(C)c(=O)c1Cc1ccccc1. The van der Waals surface area contributed by atoms with Crippen LogP contribution in [0.2, 0.25) is 0 Å². The zero-order valence-electron chi connectivity index (χ0n) is 20.4. The van der Waals surface area contributed by atoms with E-state index in [-0.39, 0.29) is 17.2 Å². The molecule has 182 valence electrons. The number of rotatable bonds is 8. The molecule has 0 radical (unpaired) electrons. The van der Waals surface area contributed by atoms with Crippen LogP contribution in [0.25, 0.3) is 6.08 Å². The zero-order valence-corrected chi connectivity index (χ0v) is 21.2. The highest BCUT2D eigenvalue weighted by Gasteiger charge is 2.21. The van der Waals surface area contributed by atoms with Gasteiger partial charge in [-0.05, 0) is 18.1 Å². The van der Waals surface area contributed by atoms with Crippen LogP contribution in [0.3, 0.4) is 0 Å². The number of amides is 1. The number of hydrogen-bond donors (Lipinski definition) is 0. The molecule has 1 aliphatic rings. The third kappa shape index (κ3) is 6.71. The van der Waals surface area contributed by atoms with E-state index in [1.807, 2.05) is 60.4 Å². The number of piperazine rings is 1. The molecule has 6 nitrogen and oxygen atoms in total. The van der Waals surface area contributed by atoms with Crippen molar-refractivity contribution in [1.29, 1.82) is 0 Å². The summed E-state index contributed by atoms with van der Waals surface area (Å²) in [6.07, 6.45) is 4.87. The fraction of sp³-hybridized carbons (Fsp3) is 0.321. The van der Waals surface area contributed by atoms with Crippen LogP contribution in [0.15, 0.2) is 76.7 Å². The second kappa shape index (κ2) is 12.0. The Hall–Kier alpha value is -3.16. The average molecular weight is 489 g/mol. The van der Waals surface area contributed by atoms with E-state index in [4.69, 9.17) is 0 Å². The molecule has 1 saturated heterocycles. The molecule has 0 bridgehead atoms. The van der Waals surface area contributed by atoms with Gasteiger partial charge in [0.2, 0.25) is 5.91 Å². The second-order valence-corrected chi connectivity index (χ2v) is 9.71. The van der Waals surface area contributed by atoms with Gasteiger partial charge in [0.05, 0.1) is 5.75 Å². The molecule has 1 aromatic heterocycles. The Morgan fingerprint density at radius 1 is 1.00 bits per heavy atom. The lowest BCUT2D eigenvalue weighted by atomic mass is 10.1. The summed E-state index contributed by atoms with van der Waals surface area (Å²) in [5, 5.41) is 0.586. The van der Waals surface area contributed by atoms with Crippen molar-refractivity contribution in [2.75, 3.05) is 38.5 Å². The predicted molar refractivity (Wildman–Crippen MR) is 143 cm³/mol. The Morgan fingerprint density at radius 3 is 2.34 bits per heavy atom. The van der Waals surface area contributed by atoms with Crippen molar-refractivity contribution in [3.8, 4) is 0 Å². The first-order chi connectivity index (χ1) is 17.0. The smallest absolute Gasteiger partial charge is 0.257 e. The van der Waals surface area contributed by atoms with Gasteiger partial charge in [-0.15, -0.1) is 0 Å². The third-order valence-electron chi connectivity index (χ3n) is 6.30. The molecule has 3 aromatic rings. The van der Waals surface area contributed by atoms with Crippen LogP contribution in [0, 0.1) is 6.92 Å². The van der Waals surface area contributed by atoms with Gasteiger partial charge in [-0.2, -0.15) is 0 Å². The molecule has 7 heteroatoms. The van der Waals surface area contributed by atoms with Crippen molar-refractivity contribution >= 4 is 23.7 Å². The van der Waals surface area contributed by atoms with E-state index in [0.717, 1.165) is 44.0 Å². The van der Waals surface area contributed by atoms with Crippen LogP contribution in [-0.4, -0.2) is 63.7 Å². The van der Waals surface area contributed by atoms with Crippen molar-refractivity contribution in [1.82, 2.24) is 19.4 Å². The van der Waals surface area contributed by atoms with Gasteiger partial charge in [0.25, 0.3) is 5.56 Å². The molecule has 0 atom stereocenters. The van der Waals surface area contributed by atoms with Gasteiger partial charge in [-0.25, -0.2) is 4.98 Å². The number of nitrogens with zero attached hydrogens (tertiary/aromatic N) is 4. The van der Waals surface area contributed by atoms with E-state index < -0.39 is 0 Å². The quantitative estimate of drug-likeness (QED) is 0.358. The molecule has 0 aliphatic carbocycles. The number of thioether (sulfide) groups is 1. The fourth-order valence-electron chi connectivity index (χ4n) is 4.16. The number of hydrogen-bond acceptors (Lipinski definition) is 5. The Bertz CT molecular complexity index is 1220. The first-order valence-corrected chi connectivity index (χ1v) is 12.9. The predicted octanol–water partition coefficient (Wildman–Crippen LogP) is 3.63. The minimum atomic E-state index is -0.0477. The molecule has 0 saturated carbocycles. The van der Waals surface area contributed by atoms with Gasteiger partial charge >= 0.3 is 0 Å². The lowest BCUT2D eigenvalue weighted by Crippen LogP contribution is -2.49. The normalized spacial score (nSPS) is 14.5. The molecule has 1 fully saturated rings. The second-order valence-electron chi connectivity index (χ2n) is 8.77. The molecule has 35 heavy (non-hydrogen) atoms. The number of aromatic nitrogens is 2. The molecule has 2 aromatic carbocycles. The molecule has 0 unspecified atom stereocenters. The topological polar surface area (TPSA) is 58.4 Å². The third-order valence-corrected chi connectivity index (χ3v) is 7.31. The fourth-order valence-corrected chi connectivity index (χ4v) is 5.08. The number of carbonyl (C=O) groups is 1. The highest BCUT2D eigenvalue weighted by Crippen LogP contribution is 2.18. The highest BCUT2D eigenvalue weighted by atomic mass is 32.2.